The van der Waals surface area contributed by atoms with Crippen molar-refractivity contribution in [3.05, 3.63) is 30.1 Å². The van der Waals surface area contributed by atoms with Crippen molar-refractivity contribution in [2.24, 2.45) is 11.3 Å². The van der Waals surface area contributed by atoms with Gasteiger partial charge in [-0.25, -0.2) is 0 Å². The van der Waals surface area contributed by atoms with Crippen molar-refractivity contribution >= 4 is 0 Å². The first-order valence-electron chi connectivity index (χ1n) is 6.35. The Kier molecular flexibility index (Phi) is 3.79. The Bertz CT molecular complexity index is 350. The van der Waals surface area contributed by atoms with Crippen molar-refractivity contribution in [2.45, 2.75) is 26.8 Å². The van der Waals surface area contributed by atoms with Crippen molar-refractivity contribution in [1.29, 1.82) is 0 Å². The van der Waals surface area contributed by atoms with E-state index >= 15 is 0 Å². The smallest absolute Gasteiger partial charge is 0.0543 e. The summed E-state index contributed by atoms with van der Waals surface area (Å²) in [7, 11) is 0. The molecule has 94 valence electrons. The number of likely N-dealkylation sites (tertiary alicyclic amines) is 1. The minimum atomic E-state index is 0.196. The molecule has 0 amide bonds. The molecule has 1 aromatic heterocycles. The first-order valence-corrected chi connectivity index (χ1v) is 6.35. The minimum Gasteiger partial charge on any atom is -0.396 e. The Balaban J connectivity index is 1.97. The molecular formula is C14H22N2O. The van der Waals surface area contributed by atoms with Crippen LogP contribution in [0.25, 0.3) is 0 Å². The molecule has 1 atom stereocenters. The van der Waals surface area contributed by atoms with Gasteiger partial charge >= 0.3 is 0 Å². The molecule has 0 spiro atoms. The molecule has 0 radical (unpaired) electrons. The largest absolute Gasteiger partial charge is 0.396 e. The topological polar surface area (TPSA) is 36.4 Å². The SMILES string of the molecule is CC1(C)CN(Cc2ccccn2)CCC1CO. The number of pyridine rings is 1. The minimum absolute atomic E-state index is 0.196. The van der Waals surface area contributed by atoms with Gasteiger partial charge in [-0.2, -0.15) is 0 Å². The van der Waals surface area contributed by atoms with Crippen molar-refractivity contribution in [3.8, 4) is 0 Å². The highest BCUT2D eigenvalue weighted by molar-refractivity contribution is 5.04. The molecule has 1 N–H and O–H groups in total. The molecule has 3 heteroatoms. The van der Waals surface area contributed by atoms with Crippen LogP contribution in [0.4, 0.5) is 0 Å². The molecule has 1 fully saturated rings. The third kappa shape index (κ3) is 3.05. The van der Waals surface area contributed by atoms with E-state index in [-0.39, 0.29) is 5.41 Å². The highest BCUT2D eigenvalue weighted by Gasteiger charge is 2.35. The van der Waals surface area contributed by atoms with Crippen LogP contribution in [-0.4, -0.2) is 34.7 Å². The van der Waals surface area contributed by atoms with Gasteiger partial charge < -0.3 is 5.11 Å². The van der Waals surface area contributed by atoms with Crippen molar-refractivity contribution < 1.29 is 5.11 Å². The summed E-state index contributed by atoms with van der Waals surface area (Å²) in [5, 5.41) is 9.37. The molecule has 17 heavy (non-hydrogen) atoms. The lowest BCUT2D eigenvalue weighted by Gasteiger charge is -2.43. The molecule has 0 aliphatic carbocycles. The number of aromatic nitrogens is 1. The summed E-state index contributed by atoms with van der Waals surface area (Å²) >= 11 is 0. The van der Waals surface area contributed by atoms with Crippen LogP contribution < -0.4 is 0 Å². The monoisotopic (exact) mass is 234 g/mol. The predicted molar refractivity (Wildman–Crippen MR) is 68.5 cm³/mol. The predicted octanol–water partition coefficient (Wildman–Crippen LogP) is 1.92. The lowest BCUT2D eigenvalue weighted by atomic mass is 9.74. The number of piperidine rings is 1. The molecule has 1 saturated heterocycles. The summed E-state index contributed by atoms with van der Waals surface area (Å²) < 4.78 is 0. The molecule has 1 unspecified atom stereocenters. The summed E-state index contributed by atoms with van der Waals surface area (Å²) in [5.74, 6) is 0.433. The van der Waals surface area contributed by atoms with Gasteiger partial charge in [-0.1, -0.05) is 19.9 Å². The van der Waals surface area contributed by atoms with E-state index in [1.54, 1.807) is 0 Å². The summed E-state index contributed by atoms with van der Waals surface area (Å²) in [5.41, 5.74) is 1.33. The maximum atomic E-state index is 9.37. The summed E-state index contributed by atoms with van der Waals surface area (Å²) in [6.45, 7) is 7.82. The molecule has 3 nitrogen and oxygen atoms in total. The molecule has 0 bridgehead atoms. The van der Waals surface area contributed by atoms with Crippen LogP contribution in [-0.2, 0) is 6.54 Å². The van der Waals surface area contributed by atoms with Gasteiger partial charge in [0.1, 0.15) is 0 Å². The van der Waals surface area contributed by atoms with E-state index in [1.807, 2.05) is 18.3 Å². The molecule has 2 rings (SSSR count). The summed E-state index contributed by atoms with van der Waals surface area (Å²) in [4.78, 5) is 6.81. The van der Waals surface area contributed by atoms with E-state index < -0.39 is 0 Å². The highest BCUT2D eigenvalue weighted by atomic mass is 16.3. The molecule has 0 saturated carbocycles. The highest BCUT2D eigenvalue weighted by Crippen LogP contribution is 2.34. The van der Waals surface area contributed by atoms with Crippen LogP contribution in [0.5, 0.6) is 0 Å². The van der Waals surface area contributed by atoms with Crippen LogP contribution in [0.2, 0.25) is 0 Å². The lowest BCUT2D eigenvalue weighted by molar-refractivity contribution is 0.0174. The van der Waals surface area contributed by atoms with Crippen molar-refractivity contribution in [1.82, 2.24) is 9.88 Å². The van der Waals surface area contributed by atoms with Gasteiger partial charge in [0.25, 0.3) is 0 Å². The van der Waals surface area contributed by atoms with Gasteiger partial charge in [-0.15, -0.1) is 0 Å². The van der Waals surface area contributed by atoms with Gasteiger partial charge in [0.2, 0.25) is 0 Å². The Morgan fingerprint density at radius 1 is 1.47 bits per heavy atom. The van der Waals surface area contributed by atoms with E-state index in [0.29, 0.717) is 12.5 Å². The number of aliphatic hydroxyl groups excluding tert-OH is 1. The van der Waals surface area contributed by atoms with Crippen molar-refractivity contribution in [2.75, 3.05) is 19.7 Å². The average molecular weight is 234 g/mol. The Morgan fingerprint density at radius 3 is 2.88 bits per heavy atom. The number of hydrogen-bond acceptors (Lipinski definition) is 3. The van der Waals surface area contributed by atoms with Gasteiger partial charge in [0, 0.05) is 25.9 Å². The van der Waals surface area contributed by atoms with Crippen LogP contribution >= 0.6 is 0 Å². The lowest BCUT2D eigenvalue weighted by Crippen LogP contribution is -2.46. The van der Waals surface area contributed by atoms with Gasteiger partial charge in [-0.05, 0) is 36.4 Å². The molecular weight excluding hydrogens is 212 g/mol. The molecule has 1 aliphatic heterocycles. The van der Waals surface area contributed by atoms with E-state index in [0.717, 1.165) is 31.7 Å². The third-order valence-corrected chi connectivity index (χ3v) is 3.86. The number of hydrogen-bond donors (Lipinski definition) is 1. The first-order chi connectivity index (χ1) is 8.12. The zero-order chi connectivity index (χ0) is 12.3. The standard InChI is InChI=1S/C14H22N2O/c1-14(2)11-16(8-6-12(14)10-17)9-13-5-3-4-7-15-13/h3-5,7,12,17H,6,8-11H2,1-2H3. The first kappa shape index (κ1) is 12.5. The molecule has 0 aromatic carbocycles. The van der Waals surface area contributed by atoms with Gasteiger partial charge in [0.15, 0.2) is 0 Å². The fourth-order valence-electron chi connectivity index (χ4n) is 2.71. The Hall–Kier alpha value is -0.930. The number of aliphatic hydroxyl groups is 1. The van der Waals surface area contributed by atoms with Gasteiger partial charge in [-0.3, -0.25) is 9.88 Å². The zero-order valence-corrected chi connectivity index (χ0v) is 10.8. The van der Waals surface area contributed by atoms with Crippen molar-refractivity contribution in [3.63, 3.8) is 0 Å². The maximum Gasteiger partial charge on any atom is 0.0543 e. The van der Waals surface area contributed by atoms with E-state index in [2.05, 4.69) is 29.8 Å². The van der Waals surface area contributed by atoms with E-state index in [9.17, 15) is 5.11 Å². The maximum absolute atomic E-state index is 9.37. The van der Waals surface area contributed by atoms with Crippen LogP contribution in [0.15, 0.2) is 24.4 Å². The van der Waals surface area contributed by atoms with Crippen LogP contribution in [0.3, 0.4) is 0 Å². The second-order valence-electron chi connectivity index (χ2n) is 5.69. The van der Waals surface area contributed by atoms with E-state index in [1.165, 1.54) is 0 Å². The number of nitrogens with zero attached hydrogens (tertiary/aromatic N) is 2. The molecule has 2 heterocycles. The number of rotatable bonds is 3. The third-order valence-electron chi connectivity index (χ3n) is 3.86. The van der Waals surface area contributed by atoms with Crippen LogP contribution in [0, 0.1) is 11.3 Å². The average Bonchev–Trinajstić information content (AvgIpc) is 2.29. The Labute approximate surface area is 103 Å². The second-order valence-corrected chi connectivity index (χ2v) is 5.69. The molecule has 1 aliphatic rings. The second kappa shape index (κ2) is 5.15. The molecule has 1 aromatic rings. The van der Waals surface area contributed by atoms with E-state index in [4.69, 9.17) is 0 Å². The fourth-order valence-corrected chi connectivity index (χ4v) is 2.71. The quantitative estimate of drug-likeness (QED) is 0.868. The van der Waals surface area contributed by atoms with Gasteiger partial charge in [0.05, 0.1) is 5.69 Å². The Morgan fingerprint density at radius 2 is 2.29 bits per heavy atom. The fraction of sp³-hybridized carbons (Fsp3) is 0.643. The zero-order valence-electron chi connectivity index (χ0n) is 10.8. The normalized spacial score (nSPS) is 24.8. The van der Waals surface area contributed by atoms with Crippen LogP contribution in [0.1, 0.15) is 26.0 Å². The summed E-state index contributed by atoms with van der Waals surface area (Å²) in [6.07, 6.45) is 2.93. The summed E-state index contributed by atoms with van der Waals surface area (Å²) in [6, 6.07) is 6.06.